The van der Waals surface area contributed by atoms with Gasteiger partial charge in [0.05, 0.1) is 0 Å². The van der Waals surface area contributed by atoms with Gasteiger partial charge in [-0.1, -0.05) is 24.8 Å². The Morgan fingerprint density at radius 3 is 2.68 bits per heavy atom. The van der Waals surface area contributed by atoms with E-state index in [4.69, 9.17) is 5.73 Å². The lowest BCUT2D eigenvalue weighted by molar-refractivity contribution is -0.111. The largest absolute Gasteiger partial charge is 0.382 e. The smallest absolute Gasteiger partial charge is 0.247 e. The first kappa shape index (κ1) is 18.6. The van der Waals surface area contributed by atoms with Crippen LogP contribution in [0.25, 0.3) is 38.8 Å². The van der Waals surface area contributed by atoms with Gasteiger partial charge in [-0.3, -0.25) is 4.79 Å². The number of aromatic nitrogens is 5. The third-order valence-corrected chi connectivity index (χ3v) is 5.25. The van der Waals surface area contributed by atoms with Crippen LogP contribution in [0.2, 0.25) is 0 Å². The van der Waals surface area contributed by atoms with Gasteiger partial charge in [0.1, 0.15) is 17.5 Å². The molecule has 0 aliphatic carbocycles. The minimum Gasteiger partial charge on any atom is -0.382 e. The average molecular weight is 409 g/mol. The van der Waals surface area contributed by atoms with Crippen molar-refractivity contribution in [1.82, 2.24) is 24.4 Å². The van der Waals surface area contributed by atoms with Gasteiger partial charge in [0.15, 0.2) is 5.82 Å². The van der Waals surface area contributed by atoms with E-state index in [2.05, 4.69) is 49.8 Å². The summed E-state index contributed by atoms with van der Waals surface area (Å²) in [6.07, 6.45) is 4.64. The van der Waals surface area contributed by atoms with E-state index in [9.17, 15) is 4.79 Å². The van der Waals surface area contributed by atoms with E-state index in [-0.39, 0.29) is 5.91 Å². The number of nitrogens with one attached hydrogen (secondary N) is 1. The minimum atomic E-state index is -0.264. The second kappa shape index (κ2) is 7.10. The number of nitrogens with zero attached hydrogens (tertiary/aromatic N) is 5. The standard InChI is InChI=1S/C23H19N7O/c1-3-19(31)27-17-7-4-14(5-8-17)21-20(22-23(24)25-13-26-30(22)28-21)16-6-9-18-15(12-16)10-11-29(18)2/h3-13H,1H2,2H3,(H,27,31)(H2,24,25,26). The van der Waals surface area contributed by atoms with Gasteiger partial charge in [0.2, 0.25) is 5.91 Å². The third-order valence-electron chi connectivity index (χ3n) is 5.25. The van der Waals surface area contributed by atoms with E-state index in [0.29, 0.717) is 17.0 Å². The monoisotopic (exact) mass is 409 g/mol. The van der Waals surface area contributed by atoms with Crippen LogP contribution in [0.4, 0.5) is 11.5 Å². The topological polar surface area (TPSA) is 103 Å². The van der Waals surface area contributed by atoms with Crippen LogP contribution in [0, 0.1) is 0 Å². The Bertz CT molecular complexity index is 1460. The SMILES string of the molecule is C=CC(=O)Nc1ccc(-c2nn3ncnc(N)c3c2-c2ccc3c(ccn3C)c2)cc1. The van der Waals surface area contributed by atoms with Crippen molar-refractivity contribution in [2.24, 2.45) is 7.05 Å². The first-order valence-corrected chi connectivity index (χ1v) is 9.64. The number of rotatable bonds is 4. The highest BCUT2D eigenvalue weighted by atomic mass is 16.1. The summed E-state index contributed by atoms with van der Waals surface area (Å²) in [5.74, 6) is 0.0900. The molecule has 5 aromatic rings. The first-order valence-electron chi connectivity index (χ1n) is 9.64. The van der Waals surface area contributed by atoms with Crippen molar-refractivity contribution in [2.45, 2.75) is 0 Å². The van der Waals surface area contributed by atoms with Crippen LogP contribution in [0.15, 0.2) is 73.7 Å². The molecule has 0 aliphatic rings. The number of carbonyl (C=O) groups excluding carboxylic acids is 1. The number of nitrogens with two attached hydrogens (primary N) is 1. The fraction of sp³-hybridized carbons (Fsp3) is 0.0435. The lowest BCUT2D eigenvalue weighted by Gasteiger charge is -2.07. The molecule has 0 radical (unpaired) electrons. The maximum atomic E-state index is 11.6. The van der Waals surface area contributed by atoms with Crippen molar-refractivity contribution in [1.29, 1.82) is 0 Å². The fourth-order valence-electron chi connectivity index (χ4n) is 3.74. The van der Waals surface area contributed by atoms with Gasteiger partial charge in [0, 0.05) is 41.0 Å². The molecule has 31 heavy (non-hydrogen) atoms. The molecule has 2 aromatic carbocycles. The molecular formula is C23H19N7O. The fourth-order valence-corrected chi connectivity index (χ4v) is 3.74. The highest BCUT2D eigenvalue weighted by Crippen LogP contribution is 2.38. The molecule has 0 aliphatic heterocycles. The molecule has 0 saturated heterocycles. The van der Waals surface area contributed by atoms with Gasteiger partial charge >= 0.3 is 0 Å². The molecule has 8 nitrogen and oxygen atoms in total. The molecule has 0 atom stereocenters. The molecule has 3 heterocycles. The minimum absolute atomic E-state index is 0.264. The highest BCUT2D eigenvalue weighted by molar-refractivity contribution is 6.00. The van der Waals surface area contributed by atoms with Crippen molar-refractivity contribution < 1.29 is 4.79 Å². The number of carbonyl (C=O) groups is 1. The van der Waals surface area contributed by atoms with E-state index in [0.717, 1.165) is 33.3 Å². The van der Waals surface area contributed by atoms with Crippen LogP contribution >= 0.6 is 0 Å². The van der Waals surface area contributed by atoms with Crippen LogP contribution in [0.3, 0.4) is 0 Å². The molecule has 0 fully saturated rings. The zero-order chi connectivity index (χ0) is 21.5. The molecule has 3 aromatic heterocycles. The van der Waals surface area contributed by atoms with Crippen molar-refractivity contribution in [3.05, 3.63) is 73.7 Å². The van der Waals surface area contributed by atoms with Crippen molar-refractivity contribution in [3.63, 3.8) is 0 Å². The number of amides is 1. The van der Waals surface area contributed by atoms with Crippen molar-refractivity contribution in [3.8, 4) is 22.4 Å². The molecule has 0 bridgehead atoms. The van der Waals surface area contributed by atoms with Gasteiger partial charge in [-0.25, -0.2) is 4.98 Å². The number of benzene rings is 2. The summed E-state index contributed by atoms with van der Waals surface area (Å²) in [6.45, 7) is 3.47. The Labute approximate surface area is 177 Å². The third kappa shape index (κ3) is 3.10. The Morgan fingerprint density at radius 1 is 1.13 bits per heavy atom. The molecule has 152 valence electrons. The molecule has 0 unspecified atom stereocenters. The first-order chi connectivity index (χ1) is 15.0. The summed E-state index contributed by atoms with van der Waals surface area (Å²) in [5.41, 5.74) is 12.1. The van der Waals surface area contributed by atoms with E-state index in [1.165, 1.54) is 17.0 Å². The maximum absolute atomic E-state index is 11.6. The van der Waals surface area contributed by atoms with Crippen LogP contribution < -0.4 is 11.1 Å². The average Bonchev–Trinajstić information content (AvgIpc) is 3.35. The summed E-state index contributed by atoms with van der Waals surface area (Å²) in [5, 5.41) is 12.8. The number of hydrogen-bond acceptors (Lipinski definition) is 5. The molecular weight excluding hydrogens is 390 g/mol. The quantitative estimate of drug-likeness (QED) is 0.441. The zero-order valence-corrected chi connectivity index (χ0v) is 16.8. The Hall–Kier alpha value is -4.46. The normalized spacial score (nSPS) is 11.1. The predicted molar refractivity (Wildman–Crippen MR) is 121 cm³/mol. The Kier molecular flexibility index (Phi) is 4.25. The van der Waals surface area contributed by atoms with E-state index in [1.54, 1.807) is 0 Å². The maximum Gasteiger partial charge on any atom is 0.247 e. The van der Waals surface area contributed by atoms with Gasteiger partial charge in [-0.2, -0.15) is 0 Å². The molecule has 8 heteroatoms. The number of anilines is 2. The highest BCUT2D eigenvalue weighted by Gasteiger charge is 2.20. The second-order valence-corrected chi connectivity index (χ2v) is 7.18. The molecule has 0 saturated carbocycles. The van der Waals surface area contributed by atoms with Crippen LogP contribution in [0.1, 0.15) is 0 Å². The summed E-state index contributed by atoms with van der Waals surface area (Å²) < 4.78 is 3.58. The van der Waals surface area contributed by atoms with E-state index < -0.39 is 0 Å². The molecule has 5 rings (SSSR count). The van der Waals surface area contributed by atoms with Crippen LogP contribution in [0.5, 0.6) is 0 Å². The summed E-state index contributed by atoms with van der Waals surface area (Å²) in [7, 11) is 2.02. The van der Waals surface area contributed by atoms with Crippen LogP contribution in [-0.4, -0.2) is 30.3 Å². The van der Waals surface area contributed by atoms with E-state index in [1.807, 2.05) is 43.6 Å². The van der Waals surface area contributed by atoms with Gasteiger partial charge in [-0.05, 0) is 42.0 Å². The number of aryl methyl sites for hydroxylation is 1. The van der Waals surface area contributed by atoms with Crippen molar-refractivity contribution >= 4 is 33.8 Å². The van der Waals surface area contributed by atoms with Gasteiger partial charge < -0.3 is 15.6 Å². The number of hydrogen-bond donors (Lipinski definition) is 2. The Balaban J connectivity index is 1.70. The lowest BCUT2D eigenvalue weighted by Crippen LogP contribution is -2.06. The molecule has 3 N–H and O–H groups in total. The lowest BCUT2D eigenvalue weighted by atomic mass is 9.98. The summed E-state index contributed by atoms with van der Waals surface area (Å²) >= 11 is 0. The van der Waals surface area contributed by atoms with Gasteiger partial charge in [0.25, 0.3) is 0 Å². The molecule has 1 amide bonds. The Morgan fingerprint density at radius 2 is 1.90 bits per heavy atom. The summed E-state index contributed by atoms with van der Waals surface area (Å²) in [4.78, 5) is 15.7. The predicted octanol–water partition coefficient (Wildman–Crippen LogP) is 3.66. The number of fused-ring (bicyclic) bond motifs is 2. The molecule has 0 spiro atoms. The number of nitrogen functional groups attached to an aromatic ring is 1. The van der Waals surface area contributed by atoms with E-state index >= 15 is 0 Å². The zero-order valence-electron chi connectivity index (χ0n) is 16.8. The summed E-state index contributed by atoms with van der Waals surface area (Å²) in [6, 6.07) is 15.7. The van der Waals surface area contributed by atoms with Gasteiger partial charge in [-0.15, -0.1) is 14.8 Å². The van der Waals surface area contributed by atoms with Crippen LogP contribution in [-0.2, 0) is 11.8 Å². The van der Waals surface area contributed by atoms with Crippen molar-refractivity contribution in [2.75, 3.05) is 11.1 Å². The second-order valence-electron chi connectivity index (χ2n) is 7.18.